The SMILES string of the molecule is CCCCN(CC)S(=O)(=O)c1ccc(C(=O)Nc2nnc(C(C)(C)C)o2)cc1. The Balaban J connectivity index is 2.13. The van der Waals surface area contributed by atoms with Crippen LogP contribution in [0.2, 0.25) is 0 Å². The highest BCUT2D eigenvalue weighted by Crippen LogP contribution is 2.22. The van der Waals surface area contributed by atoms with Crippen molar-refractivity contribution >= 4 is 21.9 Å². The maximum atomic E-state index is 12.7. The lowest BCUT2D eigenvalue weighted by molar-refractivity contribution is 0.102. The van der Waals surface area contributed by atoms with Crippen LogP contribution < -0.4 is 5.32 Å². The molecule has 0 atom stereocenters. The molecule has 0 aliphatic heterocycles. The average molecular weight is 409 g/mol. The lowest BCUT2D eigenvalue weighted by Crippen LogP contribution is -2.31. The summed E-state index contributed by atoms with van der Waals surface area (Å²) in [5.74, 6) is -0.0395. The summed E-state index contributed by atoms with van der Waals surface area (Å²) in [6.07, 6.45) is 1.71. The van der Waals surface area contributed by atoms with E-state index in [1.807, 2.05) is 34.6 Å². The van der Waals surface area contributed by atoms with Gasteiger partial charge in [-0.3, -0.25) is 10.1 Å². The van der Waals surface area contributed by atoms with Gasteiger partial charge in [0.15, 0.2) is 0 Å². The van der Waals surface area contributed by atoms with E-state index in [2.05, 4.69) is 15.5 Å². The zero-order chi connectivity index (χ0) is 20.9. The molecule has 1 amide bonds. The molecule has 0 radical (unpaired) electrons. The van der Waals surface area contributed by atoms with Crippen LogP contribution in [0.1, 0.15) is 63.7 Å². The van der Waals surface area contributed by atoms with Gasteiger partial charge < -0.3 is 4.42 Å². The van der Waals surface area contributed by atoms with Crippen LogP contribution in [0.15, 0.2) is 33.6 Å². The number of anilines is 1. The van der Waals surface area contributed by atoms with Crippen molar-refractivity contribution in [3.8, 4) is 0 Å². The molecular weight excluding hydrogens is 380 g/mol. The summed E-state index contributed by atoms with van der Waals surface area (Å²) < 4.78 is 32.3. The first-order valence-electron chi connectivity index (χ1n) is 9.35. The number of aromatic nitrogens is 2. The molecule has 0 saturated heterocycles. The van der Waals surface area contributed by atoms with Crippen LogP contribution in [0.4, 0.5) is 6.01 Å². The molecule has 0 aliphatic carbocycles. The lowest BCUT2D eigenvalue weighted by atomic mass is 9.97. The molecule has 0 unspecified atom stereocenters. The number of carbonyl (C=O) groups excluding carboxylic acids is 1. The molecule has 28 heavy (non-hydrogen) atoms. The van der Waals surface area contributed by atoms with Gasteiger partial charge >= 0.3 is 6.01 Å². The van der Waals surface area contributed by atoms with Gasteiger partial charge in [0.1, 0.15) is 0 Å². The number of rotatable bonds is 8. The van der Waals surface area contributed by atoms with E-state index in [1.54, 1.807) is 0 Å². The minimum absolute atomic E-state index is 0.00310. The second kappa shape index (κ2) is 8.83. The summed E-state index contributed by atoms with van der Waals surface area (Å²) in [7, 11) is -3.58. The number of sulfonamides is 1. The van der Waals surface area contributed by atoms with E-state index in [9.17, 15) is 13.2 Å². The van der Waals surface area contributed by atoms with Crippen molar-refractivity contribution in [3.63, 3.8) is 0 Å². The second-order valence-corrected chi connectivity index (χ2v) is 9.43. The maximum Gasteiger partial charge on any atom is 0.322 e. The number of carbonyl (C=O) groups is 1. The first-order valence-corrected chi connectivity index (χ1v) is 10.8. The van der Waals surface area contributed by atoms with E-state index in [0.717, 1.165) is 12.8 Å². The average Bonchev–Trinajstić information content (AvgIpc) is 3.11. The van der Waals surface area contributed by atoms with Crippen LogP contribution in [0.25, 0.3) is 0 Å². The van der Waals surface area contributed by atoms with Crippen LogP contribution in [-0.2, 0) is 15.4 Å². The molecule has 2 aromatic rings. The van der Waals surface area contributed by atoms with Gasteiger partial charge in [-0.15, -0.1) is 5.10 Å². The fourth-order valence-corrected chi connectivity index (χ4v) is 3.94. The van der Waals surface area contributed by atoms with E-state index in [0.29, 0.717) is 24.5 Å². The third-order valence-electron chi connectivity index (χ3n) is 4.16. The minimum Gasteiger partial charge on any atom is -0.407 e. The Morgan fingerprint density at radius 2 is 1.79 bits per heavy atom. The van der Waals surface area contributed by atoms with Crippen molar-refractivity contribution in [2.75, 3.05) is 18.4 Å². The summed E-state index contributed by atoms with van der Waals surface area (Å²) >= 11 is 0. The first-order chi connectivity index (χ1) is 13.1. The molecule has 154 valence electrons. The minimum atomic E-state index is -3.58. The predicted octanol–water partition coefficient (Wildman–Crippen LogP) is 3.43. The van der Waals surface area contributed by atoms with Crippen LogP contribution in [0.3, 0.4) is 0 Å². The zero-order valence-corrected chi connectivity index (χ0v) is 17.8. The van der Waals surface area contributed by atoms with Gasteiger partial charge in [0.25, 0.3) is 5.91 Å². The molecule has 0 saturated carbocycles. The number of amides is 1. The van der Waals surface area contributed by atoms with Gasteiger partial charge in [-0.1, -0.05) is 46.1 Å². The zero-order valence-electron chi connectivity index (χ0n) is 17.0. The standard InChI is InChI=1S/C19H28N4O4S/c1-6-8-13-23(7-2)28(25,26)15-11-9-14(10-12-15)16(24)20-18-22-21-17(27-18)19(3,4)5/h9-12H,6-8,13H2,1-5H3,(H,20,22,24). The number of nitrogens with one attached hydrogen (secondary N) is 1. The number of hydrogen-bond acceptors (Lipinski definition) is 6. The molecular formula is C19H28N4O4S. The van der Waals surface area contributed by atoms with Crippen molar-refractivity contribution in [3.05, 3.63) is 35.7 Å². The van der Waals surface area contributed by atoms with Gasteiger partial charge in [0.2, 0.25) is 15.9 Å². The molecule has 0 spiro atoms. The quantitative estimate of drug-likeness (QED) is 0.717. The largest absolute Gasteiger partial charge is 0.407 e. The van der Waals surface area contributed by atoms with Crippen molar-refractivity contribution in [1.82, 2.24) is 14.5 Å². The van der Waals surface area contributed by atoms with E-state index in [4.69, 9.17) is 4.42 Å². The summed E-state index contributed by atoms with van der Waals surface area (Å²) in [4.78, 5) is 12.5. The van der Waals surface area contributed by atoms with Gasteiger partial charge in [0, 0.05) is 24.1 Å². The Morgan fingerprint density at radius 3 is 2.29 bits per heavy atom. The van der Waals surface area contributed by atoms with Crippen molar-refractivity contribution < 1.29 is 17.6 Å². The third-order valence-corrected chi connectivity index (χ3v) is 6.14. The van der Waals surface area contributed by atoms with E-state index < -0.39 is 15.9 Å². The van der Waals surface area contributed by atoms with Crippen molar-refractivity contribution in [1.29, 1.82) is 0 Å². The van der Waals surface area contributed by atoms with Crippen LogP contribution >= 0.6 is 0 Å². The normalized spacial score (nSPS) is 12.4. The Bertz CT molecular complexity index is 899. The molecule has 9 heteroatoms. The second-order valence-electron chi connectivity index (χ2n) is 7.49. The van der Waals surface area contributed by atoms with Crippen molar-refractivity contribution in [2.45, 2.75) is 57.8 Å². The Labute approximate surface area is 166 Å². The first kappa shape index (κ1) is 22.0. The third kappa shape index (κ3) is 5.17. The van der Waals surface area contributed by atoms with Crippen LogP contribution in [0.5, 0.6) is 0 Å². The number of unbranched alkanes of at least 4 members (excludes halogenated alkanes) is 1. The molecule has 1 N–H and O–H groups in total. The Kier molecular flexibility index (Phi) is 6.95. The maximum absolute atomic E-state index is 12.7. The molecule has 0 aliphatic rings. The van der Waals surface area contributed by atoms with Gasteiger partial charge in [0.05, 0.1) is 4.90 Å². The van der Waals surface area contributed by atoms with E-state index >= 15 is 0 Å². The van der Waals surface area contributed by atoms with Gasteiger partial charge in [-0.2, -0.15) is 4.31 Å². The van der Waals surface area contributed by atoms with E-state index in [1.165, 1.54) is 28.6 Å². The highest BCUT2D eigenvalue weighted by atomic mass is 32.2. The fourth-order valence-electron chi connectivity index (χ4n) is 2.46. The molecule has 0 fully saturated rings. The van der Waals surface area contributed by atoms with Gasteiger partial charge in [-0.25, -0.2) is 8.42 Å². The molecule has 1 aromatic heterocycles. The Hall–Kier alpha value is -2.26. The fraction of sp³-hybridized carbons (Fsp3) is 0.526. The lowest BCUT2D eigenvalue weighted by Gasteiger charge is -2.20. The molecule has 8 nitrogen and oxygen atoms in total. The van der Waals surface area contributed by atoms with Gasteiger partial charge in [-0.05, 0) is 30.7 Å². The number of nitrogens with zero attached hydrogens (tertiary/aromatic N) is 3. The van der Waals surface area contributed by atoms with E-state index in [-0.39, 0.29) is 16.3 Å². The summed E-state index contributed by atoms with van der Waals surface area (Å²) in [6, 6.07) is 5.82. The van der Waals surface area contributed by atoms with Crippen LogP contribution in [-0.4, -0.2) is 41.9 Å². The monoisotopic (exact) mass is 408 g/mol. The summed E-state index contributed by atoms with van der Waals surface area (Å²) in [5, 5.41) is 10.3. The highest BCUT2D eigenvalue weighted by Gasteiger charge is 2.24. The number of benzene rings is 1. The molecule has 1 heterocycles. The molecule has 0 bridgehead atoms. The molecule has 1 aromatic carbocycles. The smallest absolute Gasteiger partial charge is 0.322 e. The predicted molar refractivity (Wildman–Crippen MR) is 107 cm³/mol. The highest BCUT2D eigenvalue weighted by molar-refractivity contribution is 7.89. The number of hydrogen-bond donors (Lipinski definition) is 1. The van der Waals surface area contributed by atoms with Crippen LogP contribution in [0, 0.1) is 0 Å². The molecule has 2 rings (SSSR count). The Morgan fingerprint density at radius 1 is 1.14 bits per heavy atom. The summed E-state index contributed by atoms with van der Waals surface area (Å²) in [5.41, 5.74) is -0.0272. The summed E-state index contributed by atoms with van der Waals surface area (Å²) in [6.45, 7) is 10.5. The van der Waals surface area contributed by atoms with Crippen molar-refractivity contribution in [2.24, 2.45) is 0 Å². The topological polar surface area (TPSA) is 105 Å².